The molecule has 1 aliphatic heterocycles. The topological polar surface area (TPSA) is 73.4 Å². The van der Waals surface area contributed by atoms with E-state index in [-0.39, 0.29) is 5.91 Å². The molecule has 3 rings (SSSR count). The number of hydrogen-bond acceptors (Lipinski definition) is 6. The molecule has 0 radical (unpaired) electrons. The average Bonchev–Trinajstić information content (AvgIpc) is 2.64. The molecule has 0 unspecified atom stereocenters. The van der Waals surface area contributed by atoms with Gasteiger partial charge in [0, 0.05) is 43.0 Å². The number of benzene rings is 1. The average molecular weight is 368 g/mol. The number of likely N-dealkylation sites (N-methyl/N-ethyl adjacent to an activating group) is 1. The number of nitrogens with one attached hydrogen (secondary N) is 2. The fourth-order valence-electron chi connectivity index (χ4n) is 2.74. The number of carbonyl (C=O) groups is 1. The van der Waals surface area contributed by atoms with Crippen LogP contribution in [0.1, 0.15) is 20.8 Å². The lowest BCUT2D eigenvalue weighted by atomic mass is 9.96. The molecule has 2 heterocycles. The van der Waals surface area contributed by atoms with Crippen molar-refractivity contribution in [1.82, 2.24) is 15.1 Å². The molecule has 0 bridgehead atoms. The number of rotatable bonds is 4. The van der Waals surface area contributed by atoms with Crippen LogP contribution in [-0.2, 0) is 4.79 Å². The smallest absolute Gasteiger partial charge is 0.230 e. The van der Waals surface area contributed by atoms with E-state index in [1.165, 1.54) is 5.69 Å². The Morgan fingerprint density at radius 1 is 0.926 bits per heavy atom. The Labute approximate surface area is 160 Å². The third-order valence-electron chi connectivity index (χ3n) is 4.60. The van der Waals surface area contributed by atoms with Gasteiger partial charge in [0.25, 0.3) is 0 Å². The lowest BCUT2D eigenvalue weighted by Crippen LogP contribution is -2.44. The molecule has 27 heavy (non-hydrogen) atoms. The number of carbonyl (C=O) groups excluding carboxylic acids is 1. The summed E-state index contributed by atoms with van der Waals surface area (Å²) in [6.07, 6.45) is 0. The highest BCUT2D eigenvalue weighted by molar-refractivity contribution is 5.93. The molecule has 2 aromatic rings. The molecule has 7 heteroatoms. The van der Waals surface area contributed by atoms with Gasteiger partial charge in [0.15, 0.2) is 11.6 Å². The SMILES string of the molecule is CN1CCN(c2ccc(Nc3ccc(NC(=O)C(C)(C)C)nn3)cc2)CC1. The summed E-state index contributed by atoms with van der Waals surface area (Å²) in [5.74, 6) is 0.999. The maximum atomic E-state index is 12.0. The summed E-state index contributed by atoms with van der Waals surface area (Å²) in [6, 6.07) is 11.9. The molecular weight excluding hydrogens is 340 g/mol. The van der Waals surface area contributed by atoms with Crippen LogP contribution in [0.3, 0.4) is 0 Å². The van der Waals surface area contributed by atoms with Gasteiger partial charge in [-0.3, -0.25) is 4.79 Å². The molecule has 7 nitrogen and oxygen atoms in total. The molecule has 1 saturated heterocycles. The fraction of sp³-hybridized carbons (Fsp3) is 0.450. The van der Waals surface area contributed by atoms with Crippen molar-refractivity contribution in [2.75, 3.05) is 48.8 Å². The Hall–Kier alpha value is -2.67. The van der Waals surface area contributed by atoms with Gasteiger partial charge in [0.1, 0.15) is 0 Å². The van der Waals surface area contributed by atoms with Crippen LogP contribution in [0.25, 0.3) is 0 Å². The zero-order valence-electron chi connectivity index (χ0n) is 16.5. The van der Waals surface area contributed by atoms with Crippen LogP contribution in [0.4, 0.5) is 23.0 Å². The number of anilines is 4. The van der Waals surface area contributed by atoms with Crippen molar-refractivity contribution < 1.29 is 4.79 Å². The lowest BCUT2D eigenvalue weighted by molar-refractivity contribution is -0.123. The van der Waals surface area contributed by atoms with E-state index in [0.717, 1.165) is 31.9 Å². The second kappa shape index (κ2) is 7.92. The Morgan fingerprint density at radius 2 is 1.52 bits per heavy atom. The normalized spacial score (nSPS) is 15.5. The van der Waals surface area contributed by atoms with Gasteiger partial charge in [-0.15, -0.1) is 10.2 Å². The number of aromatic nitrogens is 2. The molecule has 1 aromatic heterocycles. The summed E-state index contributed by atoms with van der Waals surface area (Å²) < 4.78 is 0. The van der Waals surface area contributed by atoms with E-state index < -0.39 is 5.41 Å². The van der Waals surface area contributed by atoms with Gasteiger partial charge >= 0.3 is 0 Å². The Balaban J connectivity index is 1.58. The van der Waals surface area contributed by atoms with E-state index >= 15 is 0 Å². The highest BCUT2D eigenvalue weighted by Crippen LogP contribution is 2.22. The van der Waals surface area contributed by atoms with Gasteiger partial charge in [0.05, 0.1) is 0 Å². The summed E-state index contributed by atoms with van der Waals surface area (Å²) in [5, 5.41) is 14.2. The van der Waals surface area contributed by atoms with Crippen LogP contribution < -0.4 is 15.5 Å². The van der Waals surface area contributed by atoms with Crippen LogP contribution in [0.2, 0.25) is 0 Å². The van der Waals surface area contributed by atoms with Gasteiger partial charge < -0.3 is 20.4 Å². The molecular formula is C20H28N6O. The standard InChI is InChI=1S/C20H28N6O/c1-20(2,3)19(27)22-18-10-9-17(23-24-18)21-15-5-7-16(8-6-15)26-13-11-25(4)12-14-26/h5-10H,11-14H2,1-4H3,(H,21,23)(H,22,24,27). The van der Waals surface area contributed by atoms with Crippen molar-refractivity contribution in [2.24, 2.45) is 5.41 Å². The van der Waals surface area contributed by atoms with Crippen molar-refractivity contribution in [2.45, 2.75) is 20.8 Å². The molecule has 2 N–H and O–H groups in total. The van der Waals surface area contributed by atoms with Crippen molar-refractivity contribution in [3.63, 3.8) is 0 Å². The molecule has 0 aliphatic carbocycles. The second-order valence-corrected chi connectivity index (χ2v) is 7.97. The molecule has 1 fully saturated rings. The van der Waals surface area contributed by atoms with Gasteiger partial charge in [0.2, 0.25) is 5.91 Å². The van der Waals surface area contributed by atoms with Crippen LogP contribution in [0.15, 0.2) is 36.4 Å². The van der Waals surface area contributed by atoms with Crippen molar-refractivity contribution in [3.8, 4) is 0 Å². The van der Waals surface area contributed by atoms with Crippen molar-refractivity contribution in [3.05, 3.63) is 36.4 Å². The van der Waals surface area contributed by atoms with E-state index in [1.807, 2.05) is 32.9 Å². The van der Waals surface area contributed by atoms with Crippen LogP contribution in [-0.4, -0.2) is 54.2 Å². The van der Waals surface area contributed by atoms with Crippen LogP contribution >= 0.6 is 0 Å². The minimum atomic E-state index is -0.468. The Bertz CT molecular complexity index is 759. The summed E-state index contributed by atoms with van der Waals surface area (Å²) in [4.78, 5) is 16.7. The third-order valence-corrected chi connectivity index (χ3v) is 4.60. The highest BCUT2D eigenvalue weighted by atomic mass is 16.2. The zero-order chi connectivity index (χ0) is 19.4. The monoisotopic (exact) mass is 368 g/mol. The lowest BCUT2D eigenvalue weighted by Gasteiger charge is -2.34. The predicted molar refractivity (Wildman–Crippen MR) is 110 cm³/mol. The largest absolute Gasteiger partial charge is 0.369 e. The van der Waals surface area contributed by atoms with Gasteiger partial charge in [-0.05, 0) is 43.4 Å². The van der Waals surface area contributed by atoms with E-state index in [4.69, 9.17) is 0 Å². The third kappa shape index (κ3) is 5.17. The summed E-state index contributed by atoms with van der Waals surface area (Å²) in [6.45, 7) is 9.86. The fourth-order valence-corrected chi connectivity index (χ4v) is 2.74. The Morgan fingerprint density at radius 3 is 2.07 bits per heavy atom. The summed E-state index contributed by atoms with van der Waals surface area (Å²) >= 11 is 0. The molecule has 1 amide bonds. The zero-order valence-corrected chi connectivity index (χ0v) is 16.5. The first kappa shape index (κ1) is 19.1. The van der Waals surface area contributed by atoms with E-state index in [9.17, 15) is 4.79 Å². The summed E-state index contributed by atoms with van der Waals surface area (Å²) in [5.41, 5.74) is 1.72. The number of nitrogens with zero attached hydrogens (tertiary/aromatic N) is 4. The van der Waals surface area contributed by atoms with Crippen LogP contribution in [0.5, 0.6) is 0 Å². The molecule has 0 saturated carbocycles. The van der Waals surface area contributed by atoms with Crippen LogP contribution in [0, 0.1) is 5.41 Å². The molecule has 0 spiro atoms. The molecule has 0 atom stereocenters. The van der Waals surface area contributed by atoms with E-state index in [2.05, 4.69) is 49.8 Å². The first-order valence-electron chi connectivity index (χ1n) is 9.27. The van der Waals surface area contributed by atoms with Gasteiger partial charge in [-0.25, -0.2) is 0 Å². The van der Waals surface area contributed by atoms with Gasteiger partial charge in [-0.1, -0.05) is 20.8 Å². The number of piperazine rings is 1. The first-order chi connectivity index (χ1) is 12.8. The minimum Gasteiger partial charge on any atom is -0.369 e. The van der Waals surface area contributed by atoms with E-state index in [0.29, 0.717) is 11.6 Å². The number of amides is 1. The van der Waals surface area contributed by atoms with Crippen molar-refractivity contribution in [1.29, 1.82) is 0 Å². The van der Waals surface area contributed by atoms with Crippen molar-refractivity contribution >= 4 is 28.9 Å². The molecule has 1 aromatic carbocycles. The predicted octanol–water partition coefficient (Wildman–Crippen LogP) is 2.96. The summed E-state index contributed by atoms with van der Waals surface area (Å²) in [7, 11) is 2.16. The van der Waals surface area contributed by atoms with Gasteiger partial charge in [-0.2, -0.15) is 0 Å². The Kier molecular flexibility index (Phi) is 5.60. The quantitative estimate of drug-likeness (QED) is 0.864. The highest BCUT2D eigenvalue weighted by Gasteiger charge is 2.21. The molecule has 144 valence electrons. The maximum Gasteiger partial charge on any atom is 0.230 e. The second-order valence-electron chi connectivity index (χ2n) is 7.97. The molecule has 1 aliphatic rings. The minimum absolute atomic E-state index is 0.0861. The first-order valence-corrected chi connectivity index (χ1v) is 9.27. The number of hydrogen-bond donors (Lipinski definition) is 2. The van der Waals surface area contributed by atoms with E-state index in [1.54, 1.807) is 12.1 Å². The maximum absolute atomic E-state index is 12.0.